The molecule has 2 aromatic rings. The van der Waals surface area contributed by atoms with Crippen LogP contribution in [0, 0.1) is 0 Å². The second kappa shape index (κ2) is 8.10. The van der Waals surface area contributed by atoms with E-state index in [1.807, 2.05) is 25.1 Å². The lowest BCUT2D eigenvalue weighted by atomic mass is 10.0. The fourth-order valence-electron chi connectivity index (χ4n) is 2.30. The number of ketones is 1. The third-order valence-corrected chi connectivity index (χ3v) is 3.39. The monoisotopic (exact) mass is 330 g/mol. The van der Waals surface area contributed by atoms with Crippen molar-refractivity contribution in [3.8, 4) is 5.75 Å². The first-order valence-corrected chi connectivity index (χ1v) is 7.58. The molecule has 0 amide bonds. The number of hydrogen-bond acceptors (Lipinski definition) is 5. The second-order valence-corrected chi connectivity index (χ2v) is 5.07. The smallest absolute Gasteiger partial charge is 0.306 e. The Bertz CT molecular complexity index is 765. The van der Waals surface area contributed by atoms with Gasteiger partial charge in [0, 0.05) is 10.9 Å². The maximum Gasteiger partial charge on any atom is 0.306 e. The number of rotatable bonds is 8. The van der Waals surface area contributed by atoms with Gasteiger partial charge in [0.2, 0.25) is 5.78 Å². The number of benzene rings is 2. The van der Waals surface area contributed by atoms with Crippen LogP contribution in [-0.4, -0.2) is 36.0 Å². The van der Waals surface area contributed by atoms with Gasteiger partial charge >= 0.3 is 11.9 Å². The van der Waals surface area contributed by atoms with Crippen LogP contribution >= 0.6 is 0 Å². The largest absolute Gasteiger partial charge is 0.493 e. The number of carbonyl (C=O) groups excluding carboxylic acids is 2. The molecule has 0 atom stereocenters. The average Bonchev–Trinajstić information content (AvgIpc) is 2.58. The Morgan fingerprint density at radius 2 is 1.71 bits per heavy atom. The first-order chi connectivity index (χ1) is 11.5. The minimum Gasteiger partial charge on any atom is -0.493 e. The van der Waals surface area contributed by atoms with Gasteiger partial charge in [-0.1, -0.05) is 24.3 Å². The van der Waals surface area contributed by atoms with Gasteiger partial charge in [0.25, 0.3) is 0 Å². The first-order valence-electron chi connectivity index (χ1n) is 7.58. The third kappa shape index (κ3) is 4.32. The lowest BCUT2D eigenvalue weighted by molar-refractivity contribution is -0.146. The van der Waals surface area contributed by atoms with E-state index in [1.54, 1.807) is 18.2 Å². The summed E-state index contributed by atoms with van der Waals surface area (Å²) >= 11 is 0. The van der Waals surface area contributed by atoms with Gasteiger partial charge in [0.05, 0.1) is 19.4 Å². The molecule has 0 bridgehead atoms. The highest BCUT2D eigenvalue weighted by Crippen LogP contribution is 2.28. The first kappa shape index (κ1) is 17.5. The molecule has 0 unspecified atom stereocenters. The second-order valence-electron chi connectivity index (χ2n) is 5.07. The van der Waals surface area contributed by atoms with Crippen molar-refractivity contribution in [2.75, 3.05) is 13.2 Å². The molecular weight excluding hydrogens is 312 g/mol. The highest BCUT2D eigenvalue weighted by molar-refractivity contribution is 6.10. The van der Waals surface area contributed by atoms with Crippen LogP contribution in [0.15, 0.2) is 36.4 Å². The van der Waals surface area contributed by atoms with Crippen molar-refractivity contribution >= 4 is 28.5 Å². The van der Waals surface area contributed by atoms with Gasteiger partial charge in [0.15, 0.2) is 6.61 Å². The van der Waals surface area contributed by atoms with Crippen molar-refractivity contribution in [3.63, 3.8) is 0 Å². The summed E-state index contributed by atoms with van der Waals surface area (Å²) in [7, 11) is 0. The van der Waals surface area contributed by atoms with E-state index in [-0.39, 0.29) is 18.6 Å². The molecule has 0 aliphatic carbocycles. The van der Waals surface area contributed by atoms with Crippen molar-refractivity contribution in [1.82, 2.24) is 0 Å². The van der Waals surface area contributed by atoms with Gasteiger partial charge in [-0.25, -0.2) is 0 Å². The number of Topliss-reactive ketones (excluding diaryl/α,β-unsaturated/α-hetero) is 1. The molecule has 0 aliphatic heterocycles. The number of esters is 1. The number of fused-ring (bicyclic) bond motifs is 1. The summed E-state index contributed by atoms with van der Waals surface area (Å²) in [6.45, 7) is 1.97. The standard InChI is InChI=1S/C18H18O6/c1-2-23-16-8-7-13(12-5-3-4-6-14(12)16)15(19)11-24-18(22)10-9-17(20)21/h3-8H,2,9-11H2,1H3,(H,20,21). The fourth-order valence-corrected chi connectivity index (χ4v) is 2.30. The average molecular weight is 330 g/mol. The molecule has 0 saturated carbocycles. The lowest BCUT2D eigenvalue weighted by Gasteiger charge is -2.11. The Labute approximate surface area is 139 Å². The van der Waals surface area contributed by atoms with E-state index in [0.717, 1.165) is 10.8 Å². The van der Waals surface area contributed by atoms with Gasteiger partial charge < -0.3 is 14.6 Å². The van der Waals surface area contributed by atoms with Gasteiger partial charge in [-0.05, 0) is 24.4 Å². The molecule has 0 heterocycles. The van der Waals surface area contributed by atoms with Crippen molar-refractivity contribution in [2.24, 2.45) is 0 Å². The number of carboxylic acids is 1. The fraction of sp³-hybridized carbons (Fsp3) is 0.278. The SMILES string of the molecule is CCOc1ccc(C(=O)COC(=O)CCC(=O)O)c2ccccc12. The van der Waals surface area contributed by atoms with Gasteiger partial charge in [-0.15, -0.1) is 0 Å². The molecule has 0 aliphatic rings. The molecule has 1 N–H and O–H groups in total. The maximum atomic E-state index is 12.3. The molecule has 126 valence electrons. The number of carbonyl (C=O) groups is 3. The zero-order valence-electron chi connectivity index (χ0n) is 13.3. The van der Waals surface area contributed by atoms with E-state index in [0.29, 0.717) is 17.9 Å². The van der Waals surface area contributed by atoms with Crippen LogP contribution in [0.5, 0.6) is 5.75 Å². The molecule has 0 radical (unpaired) electrons. The zero-order valence-corrected chi connectivity index (χ0v) is 13.3. The van der Waals surface area contributed by atoms with Crippen LogP contribution in [-0.2, 0) is 14.3 Å². The summed E-state index contributed by atoms with van der Waals surface area (Å²) < 4.78 is 10.4. The summed E-state index contributed by atoms with van der Waals surface area (Å²) in [5.74, 6) is -1.46. The van der Waals surface area contributed by atoms with Crippen LogP contribution < -0.4 is 4.74 Å². The molecule has 24 heavy (non-hydrogen) atoms. The molecule has 2 rings (SSSR count). The van der Waals surface area contributed by atoms with Crippen LogP contribution in [0.25, 0.3) is 10.8 Å². The predicted molar refractivity (Wildman–Crippen MR) is 87.3 cm³/mol. The zero-order chi connectivity index (χ0) is 17.5. The normalized spacial score (nSPS) is 10.4. The van der Waals surface area contributed by atoms with E-state index < -0.39 is 18.5 Å². The Morgan fingerprint density at radius 3 is 2.38 bits per heavy atom. The van der Waals surface area contributed by atoms with Gasteiger partial charge in [0.1, 0.15) is 5.75 Å². The quantitative estimate of drug-likeness (QED) is 0.591. The Hall–Kier alpha value is -2.89. The van der Waals surface area contributed by atoms with E-state index in [2.05, 4.69) is 0 Å². The van der Waals surface area contributed by atoms with Crippen molar-refractivity contribution in [1.29, 1.82) is 0 Å². The predicted octanol–water partition coefficient (Wildman–Crippen LogP) is 2.83. The molecule has 0 spiro atoms. The number of ether oxygens (including phenoxy) is 2. The Morgan fingerprint density at radius 1 is 1.00 bits per heavy atom. The Kier molecular flexibility index (Phi) is 5.89. The summed E-state index contributed by atoms with van der Waals surface area (Å²) in [5.41, 5.74) is 0.431. The van der Waals surface area contributed by atoms with Crippen molar-refractivity contribution in [2.45, 2.75) is 19.8 Å². The molecule has 0 aromatic heterocycles. The molecule has 2 aromatic carbocycles. The topological polar surface area (TPSA) is 89.9 Å². The van der Waals surface area contributed by atoms with Crippen molar-refractivity contribution in [3.05, 3.63) is 42.0 Å². The molecular formula is C18H18O6. The van der Waals surface area contributed by atoms with Crippen LogP contribution in [0.3, 0.4) is 0 Å². The van der Waals surface area contributed by atoms with Crippen LogP contribution in [0.1, 0.15) is 30.1 Å². The molecule has 0 fully saturated rings. The molecule has 6 heteroatoms. The van der Waals surface area contributed by atoms with E-state index in [1.165, 1.54) is 0 Å². The van der Waals surface area contributed by atoms with Crippen LogP contribution in [0.4, 0.5) is 0 Å². The van der Waals surface area contributed by atoms with E-state index in [9.17, 15) is 14.4 Å². The summed E-state index contributed by atoms with van der Waals surface area (Å²) in [5, 5.41) is 10.0. The highest BCUT2D eigenvalue weighted by Gasteiger charge is 2.15. The lowest BCUT2D eigenvalue weighted by Crippen LogP contribution is -2.15. The molecule has 0 saturated heterocycles. The summed E-state index contributed by atoms with van der Waals surface area (Å²) in [6.07, 6.45) is -0.578. The van der Waals surface area contributed by atoms with Crippen molar-refractivity contribution < 1.29 is 29.0 Å². The maximum absolute atomic E-state index is 12.3. The summed E-state index contributed by atoms with van der Waals surface area (Å²) in [6, 6.07) is 10.7. The minimum absolute atomic E-state index is 0.257. The molecule has 6 nitrogen and oxygen atoms in total. The highest BCUT2D eigenvalue weighted by atomic mass is 16.5. The van der Waals surface area contributed by atoms with E-state index in [4.69, 9.17) is 14.6 Å². The van der Waals surface area contributed by atoms with E-state index >= 15 is 0 Å². The number of hydrogen-bond donors (Lipinski definition) is 1. The van der Waals surface area contributed by atoms with Gasteiger partial charge in [-0.2, -0.15) is 0 Å². The number of carboxylic acid groups (broad SMARTS) is 1. The number of aliphatic carboxylic acids is 1. The third-order valence-electron chi connectivity index (χ3n) is 3.39. The summed E-state index contributed by atoms with van der Waals surface area (Å²) in [4.78, 5) is 34.2. The van der Waals surface area contributed by atoms with Crippen LogP contribution in [0.2, 0.25) is 0 Å². The van der Waals surface area contributed by atoms with Gasteiger partial charge in [-0.3, -0.25) is 14.4 Å². The minimum atomic E-state index is -1.09. The Balaban J connectivity index is 2.14.